The van der Waals surface area contributed by atoms with E-state index in [2.05, 4.69) is 97.9 Å². The largest absolute Gasteiger partial charge is 0.453 e. The highest BCUT2D eigenvalue weighted by molar-refractivity contribution is 5.91. The fraction of sp³-hybridized carbons (Fsp3) is 0.409. The van der Waals surface area contributed by atoms with Gasteiger partial charge in [0.05, 0.1) is 43.5 Å². The lowest BCUT2D eigenvalue weighted by molar-refractivity contribution is -0.140. The topological polar surface area (TPSA) is 165 Å². The number of fused-ring (bicyclic) bond motifs is 3. The number of amides is 4. The number of hydrogen-bond acceptors (Lipinski definition) is 7. The van der Waals surface area contributed by atoms with Crippen LogP contribution in [0.25, 0.3) is 44.4 Å². The van der Waals surface area contributed by atoms with E-state index in [1.54, 1.807) is 24.9 Å². The third-order valence-corrected chi connectivity index (χ3v) is 12.0. The van der Waals surface area contributed by atoms with Gasteiger partial charge in [0.25, 0.3) is 0 Å². The van der Waals surface area contributed by atoms with Gasteiger partial charge >= 0.3 is 6.09 Å². The summed E-state index contributed by atoms with van der Waals surface area (Å²) >= 11 is 0. The van der Waals surface area contributed by atoms with Crippen LogP contribution in [-0.2, 0) is 25.7 Å². The van der Waals surface area contributed by atoms with Crippen molar-refractivity contribution in [3.63, 3.8) is 0 Å². The number of benzene rings is 3. The van der Waals surface area contributed by atoms with Gasteiger partial charge < -0.3 is 35.1 Å². The maximum Gasteiger partial charge on any atom is 0.407 e. The quantitative estimate of drug-likeness (QED) is 0.103. The van der Waals surface area contributed by atoms with Crippen molar-refractivity contribution in [2.45, 2.75) is 84.0 Å². The smallest absolute Gasteiger partial charge is 0.407 e. The minimum atomic E-state index is -0.635. The number of methoxy groups -OCH3 is 1. The Balaban J connectivity index is 0.936. The van der Waals surface area contributed by atoms with Crippen LogP contribution in [0.3, 0.4) is 0 Å². The van der Waals surface area contributed by atoms with Gasteiger partial charge in [0, 0.05) is 24.6 Å². The summed E-state index contributed by atoms with van der Waals surface area (Å²) in [6.45, 7) is 6.51. The van der Waals surface area contributed by atoms with Gasteiger partial charge in [-0.1, -0.05) is 62.4 Å². The first-order valence-electron chi connectivity index (χ1n) is 20.0. The molecule has 1 aliphatic heterocycles. The Morgan fingerprint density at radius 2 is 1.58 bits per heavy atom. The Morgan fingerprint density at radius 3 is 2.30 bits per heavy atom. The Labute approximate surface area is 332 Å². The molecule has 0 spiro atoms. The number of carbonyl (C=O) groups is 4. The van der Waals surface area contributed by atoms with E-state index < -0.39 is 12.1 Å². The zero-order valence-corrected chi connectivity index (χ0v) is 32.9. The molecule has 2 aliphatic carbocycles. The highest BCUT2D eigenvalue weighted by Crippen LogP contribution is 2.50. The molecule has 3 aliphatic rings. The first-order chi connectivity index (χ1) is 27.5. The second kappa shape index (κ2) is 15.5. The number of piperidine rings is 1. The number of alkyl carbamates (subject to hydrolysis) is 1. The summed E-state index contributed by atoms with van der Waals surface area (Å²) < 4.78 is 4.63. The summed E-state index contributed by atoms with van der Waals surface area (Å²) in [4.78, 5) is 70.2. The maximum atomic E-state index is 13.6. The molecular formula is C44H50N8O5. The summed E-state index contributed by atoms with van der Waals surface area (Å²) in [6, 6.07) is 20.7. The normalized spacial score (nSPS) is 19.6. The Kier molecular flexibility index (Phi) is 10.3. The van der Waals surface area contributed by atoms with Gasteiger partial charge in [0.15, 0.2) is 0 Å². The SMILES string of the molecule is CCC(=O)N[C@@H](C)C(=O)N1[C@@H]2CC[C@@H](C2)[C@H]1c1ncc(-c2ccc(-c3ccc4cc(-c5cnc(CN(CC6(C)CC6)C(=O)CNC(=O)OC)[nH]5)ccc4c3)cc2)[nH]1. The summed E-state index contributed by atoms with van der Waals surface area (Å²) in [7, 11) is 1.27. The van der Waals surface area contributed by atoms with Gasteiger partial charge in [-0.2, -0.15) is 0 Å². The first kappa shape index (κ1) is 37.9. The molecule has 1 saturated heterocycles. The molecule has 296 valence electrons. The van der Waals surface area contributed by atoms with Crippen molar-refractivity contribution in [2.75, 3.05) is 20.2 Å². The summed E-state index contributed by atoms with van der Waals surface area (Å²) in [6.07, 6.45) is 8.51. The molecular weight excluding hydrogens is 721 g/mol. The number of likely N-dealkylation sites (tertiary alicyclic amines) is 1. The molecule has 8 rings (SSSR count). The fourth-order valence-electron chi connectivity index (χ4n) is 8.52. The number of nitrogens with zero attached hydrogens (tertiary/aromatic N) is 4. The van der Waals surface area contributed by atoms with E-state index in [4.69, 9.17) is 4.98 Å². The average molecular weight is 771 g/mol. The second-order valence-corrected chi connectivity index (χ2v) is 16.2. The van der Waals surface area contributed by atoms with Gasteiger partial charge in [-0.05, 0) is 90.0 Å². The highest BCUT2D eigenvalue weighted by atomic mass is 16.5. The lowest BCUT2D eigenvalue weighted by atomic mass is 9.97. The minimum absolute atomic E-state index is 0.0444. The molecule has 0 unspecified atom stereocenters. The molecule has 5 aromatic rings. The van der Waals surface area contributed by atoms with Gasteiger partial charge in [-0.3, -0.25) is 14.4 Å². The number of hydrogen-bond donors (Lipinski definition) is 4. The van der Waals surface area contributed by atoms with Crippen LogP contribution in [0.5, 0.6) is 0 Å². The molecule has 2 aromatic heterocycles. The molecule has 3 aromatic carbocycles. The third kappa shape index (κ3) is 8.01. The van der Waals surface area contributed by atoms with Crippen LogP contribution in [0.4, 0.5) is 4.79 Å². The van der Waals surface area contributed by atoms with Gasteiger partial charge in [0.2, 0.25) is 17.7 Å². The molecule has 57 heavy (non-hydrogen) atoms. The van der Waals surface area contributed by atoms with Crippen molar-refractivity contribution in [3.8, 4) is 33.6 Å². The molecule has 0 radical (unpaired) electrons. The third-order valence-electron chi connectivity index (χ3n) is 12.0. The number of nitrogens with one attached hydrogen (secondary N) is 4. The molecule has 3 heterocycles. The van der Waals surface area contributed by atoms with Crippen LogP contribution in [-0.4, -0.2) is 85.8 Å². The summed E-state index contributed by atoms with van der Waals surface area (Å²) in [5, 5.41) is 7.54. The first-order valence-corrected chi connectivity index (χ1v) is 20.0. The maximum absolute atomic E-state index is 13.6. The van der Waals surface area contributed by atoms with Crippen molar-refractivity contribution in [2.24, 2.45) is 11.3 Å². The number of aromatic nitrogens is 4. The molecule has 4 N–H and O–H groups in total. The lowest BCUT2D eigenvalue weighted by Crippen LogP contribution is -2.50. The van der Waals surface area contributed by atoms with Crippen LogP contribution in [0.2, 0.25) is 0 Å². The molecule has 3 fully saturated rings. The number of aromatic amines is 2. The molecule has 2 bridgehead atoms. The molecule has 13 heteroatoms. The number of carbonyl (C=O) groups excluding carboxylic acids is 4. The van der Waals surface area contributed by atoms with Crippen molar-refractivity contribution in [1.82, 2.24) is 40.4 Å². The Morgan fingerprint density at radius 1 is 0.912 bits per heavy atom. The van der Waals surface area contributed by atoms with Crippen LogP contribution < -0.4 is 10.6 Å². The zero-order valence-electron chi connectivity index (χ0n) is 32.9. The number of H-pyrrole nitrogens is 2. The van der Waals surface area contributed by atoms with E-state index >= 15 is 0 Å². The predicted octanol–water partition coefficient (Wildman–Crippen LogP) is 6.74. The second-order valence-electron chi connectivity index (χ2n) is 16.2. The van der Waals surface area contributed by atoms with E-state index in [1.807, 2.05) is 11.1 Å². The molecule has 2 saturated carbocycles. The van der Waals surface area contributed by atoms with Crippen molar-refractivity contribution >= 4 is 34.6 Å². The highest BCUT2D eigenvalue weighted by Gasteiger charge is 2.50. The van der Waals surface area contributed by atoms with E-state index in [0.29, 0.717) is 31.3 Å². The van der Waals surface area contributed by atoms with Gasteiger partial charge in [0.1, 0.15) is 24.2 Å². The number of imidazole rings is 2. The van der Waals surface area contributed by atoms with E-state index in [-0.39, 0.29) is 41.8 Å². The van der Waals surface area contributed by atoms with Crippen LogP contribution in [0, 0.1) is 11.3 Å². The summed E-state index contributed by atoms with van der Waals surface area (Å²) in [5.41, 5.74) is 6.06. The Bertz CT molecular complexity index is 2310. The molecule has 4 atom stereocenters. The standard InChI is InChI=1S/C44H50N8O5/c1-5-38(53)48-26(2)42(55)52-34-15-14-33(20-34)40(52)41-46-22-35(50-41)28-8-6-27(7-9-28)29-10-11-31-19-32(13-12-30(31)18-29)36-21-45-37(49-36)24-51(25-44(3)16-17-44)39(54)23-47-43(56)57-4/h6-13,18-19,21-22,26,33-34,40H,5,14-17,20,23-25H2,1-4H3,(H,45,49)(H,46,50)(H,47,56)(H,48,53)/t26-,33-,34+,40-/m0/s1. The lowest BCUT2D eigenvalue weighted by Gasteiger charge is -2.36. The fourth-order valence-corrected chi connectivity index (χ4v) is 8.52. The predicted molar refractivity (Wildman–Crippen MR) is 216 cm³/mol. The van der Waals surface area contributed by atoms with Crippen molar-refractivity contribution < 1.29 is 23.9 Å². The molecule has 4 amide bonds. The average Bonchev–Trinajstić information content (AvgIpc) is 3.78. The van der Waals surface area contributed by atoms with Gasteiger partial charge in [-0.25, -0.2) is 14.8 Å². The van der Waals surface area contributed by atoms with E-state index in [1.165, 1.54) is 7.11 Å². The summed E-state index contributed by atoms with van der Waals surface area (Å²) in [5.74, 6) is 1.48. The van der Waals surface area contributed by atoms with Crippen LogP contribution >= 0.6 is 0 Å². The monoisotopic (exact) mass is 770 g/mol. The van der Waals surface area contributed by atoms with Gasteiger partial charge in [-0.15, -0.1) is 0 Å². The molecule has 13 nitrogen and oxygen atoms in total. The van der Waals surface area contributed by atoms with Crippen LogP contribution in [0.1, 0.15) is 77.0 Å². The van der Waals surface area contributed by atoms with E-state index in [0.717, 1.165) is 82.3 Å². The minimum Gasteiger partial charge on any atom is -0.453 e. The zero-order chi connectivity index (χ0) is 39.8. The number of rotatable bonds is 13. The van der Waals surface area contributed by atoms with E-state index in [9.17, 15) is 19.2 Å². The number of ether oxygens (including phenoxy) is 1. The van der Waals surface area contributed by atoms with Crippen molar-refractivity contribution in [1.29, 1.82) is 0 Å². The Hall–Kier alpha value is -5.98. The van der Waals surface area contributed by atoms with Crippen molar-refractivity contribution in [3.05, 3.63) is 84.7 Å². The van der Waals surface area contributed by atoms with Crippen LogP contribution in [0.15, 0.2) is 73.1 Å².